The highest BCUT2D eigenvalue weighted by Crippen LogP contribution is 2.36. The summed E-state index contributed by atoms with van der Waals surface area (Å²) in [7, 11) is 0. The first-order valence-electron chi connectivity index (χ1n) is 6.20. The second kappa shape index (κ2) is 4.40. The van der Waals surface area contributed by atoms with Crippen LogP contribution in [0.3, 0.4) is 0 Å². The van der Waals surface area contributed by atoms with Gasteiger partial charge in [-0.15, -0.1) is 0 Å². The molecule has 3 rings (SSSR count). The molecule has 0 saturated carbocycles. The summed E-state index contributed by atoms with van der Waals surface area (Å²) in [5.74, 6) is -0.0531. The van der Waals surface area contributed by atoms with Crippen LogP contribution >= 0.6 is 0 Å². The minimum Gasteiger partial charge on any atom is -0.361 e. The molecule has 4 nitrogen and oxygen atoms in total. The lowest BCUT2D eigenvalue weighted by atomic mass is 10.00. The normalized spacial score (nSPS) is 16.2. The van der Waals surface area contributed by atoms with E-state index in [4.69, 9.17) is 5.73 Å². The van der Waals surface area contributed by atoms with E-state index in [2.05, 4.69) is 10.3 Å². The quantitative estimate of drug-likeness (QED) is 0.719. The van der Waals surface area contributed by atoms with Gasteiger partial charge < -0.3 is 16.0 Å². The third-order valence-corrected chi connectivity index (χ3v) is 3.43. The zero-order valence-electron chi connectivity index (χ0n) is 10.7. The van der Waals surface area contributed by atoms with Crippen molar-refractivity contribution in [1.29, 1.82) is 0 Å². The van der Waals surface area contributed by atoms with Crippen molar-refractivity contribution < 1.29 is 4.79 Å². The summed E-state index contributed by atoms with van der Waals surface area (Å²) in [4.78, 5) is 15.3. The van der Waals surface area contributed by atoms with E-state index < -0.39 is 0 Å². The highest BCUT2D eigenvalue weighted by Gasteiger charge is 2.26. The molecular formula is C15H15N3O. The molecule has 0 saturated heterocycles. The van der Waals surface area contributed by atoms with E-state index in [0.29, 0.717) is 6.54 Å². The number of hydrogen-bond acceptors (Lipinski definition) is 2. The summed E-state index contributed by atoms with van der Waals surface area (Å²) in [5.41, 5.74) is 11.0. The van der Waals surface area contributed by atoms with Gasteiger partial charge in [-0.25, -0.2) is 0 Å². The standard InChI is InChI=1S/C15H15N3O/c1-9(13-6-10(7-16)8-17-13)14-11-4-2-3-5-12(11)18-15(14)19/h2-6,8,17H,7,16H2,1H3,(H,18,19). The molecule has 1 aromatic carbocycles. The molecule has 0 aliphatic carbocycles. The molecule has 1 aromatic heterocycles. The Bertz CT molecular complexity index is 682. The number of rotatable bonds is 2. The molecule has 2 aromatic rings. The number of aromatic amines is 1. The van der Waals surface area contributed by atoms with Crippen LogP contribution in [0.25, 0.3) is 11.1 Å². The number of amides is 1. The first-order chi connectivity index (χ1) is 9.20. The van der Waals surface area contributed by atoms with Crippen molar-refractivity contribution >= 4 is 22.7 Å². The fourth-order valence-electron chi connectivity index (χ4n) is 2.40. The van der Waals surface area contributed by atoms with Crippen molar-refractivity contribution in [3.05, 3.63) is 53.3 Å². The van der Waals surface area contributed by atoms with Gasteiger partial charge in [0.05, 0.1) is 5.57 Å². The Balaban J connectivity index is 2.14. The van der Waals surface area contributed by atoms with Crippen molar-refractivity contribution in [2.24, 2.45) is 5.73 Å². The van der Waals surface area contributed by atoms with Crippen LogP contribution in [-0.4, -0.2) is 10.9 Å². The topological polar surface area (TPSA) is 70.9 Å². The van der Waals surface area contributed by atoms with E-state index in [0.717, 1.165) is 33.7 Å². The van der Waals surface area contributed by atoms with Gasteiger partial charge >= 0.3 is 0 Å². The Labute approximate surface area is 111 Å². The van der Waals surface area contributed by atoms with Crippen LogP contribution in [0.15, 0.2) is 36.5 Å². The lowest BCUT2D eigenvalue weighted by molar-refractivity contribution is -0.110. The number of H-pyrrole nitrogens is 1. The Kier molecular flexibility index (Phi) is 2.72. The number of benzene rings is 1. The van der Waals surface area contributed by atoms with Gasteiger partial charge in [0.25, 0.3) is 5.91 Å². The van der Waals surface area contributed by atoms with Crippen LogP contribution in [0.5, 0.6) is 0 Å². The molecule has 0 atom stereocenters. The lowest BCUT2D eigenvalue weighted by Gasteiger charge is -2.03. The average molecular weight is 253 g/mol. The Morgan fingerprint density at radius 1 is 1.32 bits per heavy atom. The number of fused-ring (bicyclic) bond motifs is 1. The van der Waals surface area contributed by atoms with Gasteiger partial charge in [0.15, 0.2) is 0 Å². The van der Waals surface area contributed by atoms with Gasteiger partial charge in [-0.2, -0.15) is 0 Å². The fourth-order valence-corrected chi connectivity index (χ4v) is 2.40. The van der Waals surface area contributed by atoms with Crippen LogP contribution < -0.4 is 11.1 Å². The summed E-state index contributed by atoms with van der Waals surface area (Å²) >= 11 is 0. The van der Waals surface area contributed by atoms with Gasteiger partial charge in [-0.05, 0) is 30.2 Å². The molecule has 4 heteroatoms. The molecule has 4 N–H and O–H groups in total. The monoisotopic (exact) mass is 253 g/mol. The van der Waals surface area contributed by atoms with Crippen LogP contribution in [0, 0.1) is 0 Å². The van der Waals surface area contributed by atoms with Gasteiger partial charge in [-0.1, -0.05) is 18.2 Å². The first-order valence-corrected chi connectivity index (χ1v) is 6.20. The van der Waals surface area contributed by atoms with Crippen LogP contribution in [0.4, 0.5) is 5.69 Å². The van der Waals surface area contributed by atoms with E-state index in [1.54, 1.807) is 0 Å². The molecule has 96 valence electrons. The molecule has 1 aliphatic heterocycles. The average Bonchev–Trinajstić information content (AvgIpc) is 3.01. The van der Waals surface area contributed by atoms with E-state index in [9.17, 15) is 4.79 Å². The lowest BCUT2D eigenvalue weighted by Crippen LogP contribution is -2.05. The number of hydrogen-bond donors (Lipinski definition) is 3. The Morgan fingerprint density at radius 2 is 2.11 bits per heavy atom. The SMILES string of the molecule is CC(=C1C(=O)Nc2ccccc21)c1cc(CN)c[nH]1. The molecule has 0 radical (unpaired) electrons. The third-order valence-electron chi connectivity index (χ3n) is 3.43. The van der Waals surface area contributed by atoms with Crippen molar-refractivity contribution in [3.63, 3.8) is 0 Å². The maximum atomic E-state index is 12.1. The first kappa shape index (κ1) is 11.7. The summed E-state index contributed by atoms with van der Waals surface area (Å²) in [5, 5.41) is 2.88. The van der Waals surface area contributed by atoms with Crippen LogP contribution in [-0.2, 0) is 11.3 Å². The smallest absolute Gasteiger partial charge is 0.256 e. The largest absolute Gasteiger partial charge is 0.361 e. The molecule has 0 fully saturated rings. The molecule has 0 bridgehead atoms. The van der Waals surface area contributed by atoms with Crippen molar-refractivity contribution in [3.8, 4) is 0 Å². The second-order valence-electron chi connectivity index (χ2n) is 4.63. The number of anilines is 1. The zero-order chi connectivity index (χ0) is 13.4. The number of allylic oxidation sites excluding steroid dienone is 1. The number of carbonyl (C=O) groups excluding carboxylic acids is 1. The van der Waals surface area contributed by atoms with Gasteiger partial charge in [-0.3, -0.25) is 4.79 Å². The summed E-state index contributed by atoms with van der Waals surface area (Å²) < 4.78 is 0. The number of nitrogens with one attached hydrogen (secondary N) is 2. The van der Waals surface area contributed by atoms with Crippen molar-refractivity contribution in [2.75, 3.05) is 5.32 Å². The van der Waals surface area contributed by atoms with E-state index in [1.165, 1.54) is 0 Å². The molecule has 0 spiro atoms. The second-order valence-corrected chi connectivity index (χ2v) is 4.63. The van der Waals surface area contributed by atoms with Gasteiger partial charge in [0, 0.05) is 29.7 Å². The zero-order valence-corrected chi connectivity index (χ0v) is 10.7. The Morgan fingerprint density at radius 3 is 2.84 bits per heavy atom. The molecule has 2 heterocycles. The molecule has 19 heavy (non-hydrogen) atoms. The third kappa shape index (κ3) is 1.86. The van der Waals surface area contributed by atoms with Crippen molar-refractivity contribution in [1.82, 2.24) is 4.98 Å². The highest BCUT2D eigenvalue weighted by atomic mass is 16.2. The van der Waals surface area contributed by atoms with Crippen LogP contribution in [0.1, 0.15) is 23.7 Å². The summed E-state index contributed by atoms with van der Waals surface area (Å²) in [6.45, 7) is 2.44. The minimum absolute atomic E-state index is 0.0531. The summed E-state index contributed by atoms with van der Waals surface area (Å²) in [6.07, 6.45) is 1.87. The van der Waals surface area contributed by atoms with E-state index in [-0.39, 0.29) is 5.91 Å². The molecular weight excluding hydrogens is 238 g/mol. The fraction of sp³-hybridized carbons (Fsp3) is 0.133. The van der Waals surface area contributed by atoms with E-state index in [1.807, 2.05) is 43.5 Å². The van der Waals surface area contributed by atoms with Gasteiger partial charge in [0.2, 0.25) is 0 Å². The number of aromatic nitrogens is 1. The Hall–Kier alpha value is -2.33. The maximum absolute atomic E-state index is 12.1. The highest BCUT2D eigenvalue weighted by molar-refractivity contribution is 6.36. The molecule has 0 unspecified atom stereocenters. The van der Waals surface area contributed by atoms with Gasteiger partial charge in [0.1, 0.15) is 0 Å². The van der Waals surface area contributed by atoms with Crippen LogP contribution in [0.2, 0.25) is 0 Å². The maximum Gasteiger partial charge on any atom is 0.256 e. The number of carbonyl (C=O) groups is 1. The predicted octanol–water partition coefficient (Wildman–Crippen LogP) is 2.36. The molecule has 1 aliphatic rings. The number of para-hydroxylation sites is 1. The van der Waals surface area contributed by atoms with E-state index >= 15 is 0 Å². The molecule has 1 amide bonds. The predicted molar refractivity (Wildman–Crippen MR) is 76.2 cm³/mol. The number of nitrogens with two attached hydrogens (primary N) is 1. The minimum atomic E-state index is -0.0531. The van der Waals surface area contributed by atoms with Crippen molar-refractivity contribution in [2.45, 2.75) is 13.5 Å². The summed E-state index contributed by atoms with van der Waals surface area (Å²) in [6, 6.07) is 9.70.